The molecule has 0 bridgehead atoms. The zero-order chi connectivity index (χ0) is 18.8. The van der Waals surface area contributed by atoms with Crippen molar-refractivity contribution in [2.24, 2.45) is 5.92 Å². The lowest BCUT2D eigenvalue weighted by atomic mass is 9.90. The lowest BCUT2D eigenvalue weighted by Crippen LogP contribution is -2.04. The maximum atomic E-state index is 11.4. The molecule has 7 heteroatoms. The molecule has 2 aromatic carbocycles. The molecule has 0 saturated heterocycles. The van der Waals surface area contributed by atoms with E-state index in [2.05, 4.69) is 6.92 Å². The number of fused-ring (bicyclic) bond motifs is 1. The summed E-state index contributed by atoms with van der Waals surface area (Å²) in [6.45, 7) is 4.15. The highest BCUT2D eigenvalue weighted by Gasteiger charge is 2.23. The van der Waals surface area contributed by atoms with Crippen molar-refractivity contribution in [1.82, 2.24) is 0 Å². The van der Waals surface area contributed by atoms with E-state index in [0.29, 0.717) is 17.9 Å². The first-order chi connectivity index (χ1) is 11.7. The minimum Gasteiger partial charge on any atom is -0.507 e. The topological polar surface area (TPSA) is 115 Å². The van der Waals surface area contributed by atoms with E-state index >= 15 is 0 Å². The Morgan fingerprint density at radius 1 is 1.08 bits per heavy atom. The van der Waals surface area contributed by atoms with E-state index in [1.807, 2.05) is 6.92 Å². The van der Waals surface area contributed by atoms with Crippen LogP contribution in [-0.2, 0) is 16.5 Å². The fourth-order valence-electron chi connectivity index (χ4n) is 3.11. The third-order valence-corrected chi connectivity index (χ3v) is 5.48. The van der Waals surface area contributed by atoms with Gasteiger partial charge in [0, 0.05) is 5.39 Å². The number of rotatable bonds is 7. The quantitative estimate of drug-likeness (QED) is 0.434. The predicted octanol–water partition coefficient (Wildman–Crippen LogP) is 3.96. The normalized spacial score (nSPS) is 13.2. The Kier molecular flexibility index (Phi) is 5.80. The fourth-order valence-corrected chi connectivity index (χ4v) is 3.70. The minimum absolute atomic E-state index is 0.118. The first-order valence-electron chi connectivity index (χ1n) is 8.37. The van der Waals surface area contributed by atoms with Gasteiger partial charge in [-0.15, -0.1) is 0 Å². The molecule has 6 nitrogen and oxygen atoms in total. The van der Waals surface area contributed by atoms with Gasteiger partial charge in [0.05, 0.1) is 5.39 Å². The predicted molar refractivity (Wildman–Crippen MR) is 95.8 cm³/mol. The van der Waals surface area contributed by atoms with Crippen LogP contribution in [0, 0.1) is 5.92 Å². The van der Waals surface area contributed by atoms with Crippen LogP contribution in [0.3, 0.4) is 0 Å². The van der Waals surface area contributed by atoms with Crippen LogP contribution in [0.5, 0.6) is 17.2 Å². The van der Waals surface area contributed by atoms with Gasteiger partial charge < -0.3 is 15.3 Å². The van der Waals surface area contributed by atoms with E-state index in [1.165, 1.54) is 12.1 Å². The molecule has 0 aliphatic carbocycles. The summed E-state index contributed by atoms with van der Waals surface area (Å²) in [5, 5.41) is 31.0. The molecular weight excluding hydrogens is 344 g/mol. The second-order valence-electron chi connectivity index (χ2n) is 6.33. The van der Waals surface area contributed by atoms with Gasteiger partial charge in [0.25, 0.3) is 10.1 Å². The molecule has 0 saturated carbocycles. The number of benzene rings is 2. The van der Waals surface area contributed by atoms with Crippen LogP contribution in [0.2, 0.25) is 0 Å². The lowest BCUT2D eigenvalue weighted by molar-refractivity contribution is 0.420. The monoisotopic (exact) mass is 368 g/mol. The summed E-state index contributed by atoms with van der Waals surface area (Å²) in [5.74, 6) is -0.901. The van der Waals surface area contributed by atoms with Crippen molar-refractivity contribution < 1.29 is 28.3 Å². The van der Waals surface area contributed by atoms with Crippen LogP contribution in [0.15, 0.2) is 23.1 Å². The number of aromatic hydroxyl groups is 3. The highest BCUT2D eigenvalue weighted by molar-refractivity contribution is 7.86. The van der Waals surface area contributed by atoms with Crippen LogP contribution in [-0.4, -0.2) is 28.3 Å². The van der Waals surface area contributed by atoms with E-state index in [4.69, 9.17) is 0 Å². The summed E-state index contributed by atoms with van der Waals surface area (Å²) >= 11 is 0. The molecule has 1 atom stereocenters. The molecule has 2 rings (SSSR count). The summed E-state index contributed by atoms with van der Waals surface area (Å²) in [5.41, 5.74) is 0.441. The van der Waals surface area contributed by atoms with Crippen molar-refractivity contribution in [2.75, 3.05) is 0 Å². The number of hydrogen-bond acceptors (Lipinski definition) is 5. The Morgan fingerprint density at radius 2 is 1.76 bits per heavy atom. The minimum atomic E-state index is -4.65. The third kappa shape index (κ3) is 3.99. The molecule has 0 heterocycles. The largest absolute Gasteiger partial charge is 0.507 e. The van der Waals surface area contributed by atoms with E-state index in [-0.39, 0.29) is 22.3 Å². The van der Waals surface area contributed by atoms with E-state index in [1.54, 1.807) is 0 Å². The average Bonchev–Trinajstić information content (AvgIpc) is 2.54. The highest BCUT2D eigenvalue weighted by atomic mass is 32.2. The van der Waals surface area contributed by atoms with Gasteiger partial charge in [-0.25, -0.2) is 0 Å². The SMILES string of the molecule is CCCCC(CC)Cc1cc(O)c2ccc(S(=O)(=O)O)c(O)c2c1O. The number of unbranched alkanes of at least 4 members (excludes halogenated alkanes) is 1. The number of hydrogen-bond donors (Lipinski definition) is 4. The third-order valence-electron chi connectivity index (χ3n) is 4.60. The van der Waals surface area contributed by atoms with Crippen LogP contribution in [0.1, 0.15) is 45.1 Å². The van der Waals surface area contributed by atoms with Crippen molar-refractivity contribution in [3.63, 3.8) is 0 Å². The Hall–Kier alpha value is -1.99. The summed E-state index contributed by atoms with van der Waals surface area (Å²) < 4.78 is 32.0. The summed E-state index contributed by atoms with van der Waals surface area (Å²) in [6.07, 6.45) is 4.49. The highest BCUT2D eigenvalue weighted by Crippen LogP contribution is 2.44. The van der Waals surface area contributed by atoms with Gasteiger partial charge in [0.15, 0.2) is 0 Å². The second kappa shape index (κ2) is 7.49. The molecule has 0 aromatic heterocycles. The summed E-state index contributed by atoms with van der Waals surface area (Å²) in [4.78, 5) is -0.704. The van der Waals surface area contributed by atoms with E-state index in [9.17, 15) is 28.3 Å². The van der Waals surface area contributed by atoms with Gasteiger partial charge >= 0.3 is 0 Å². The zero-order valence-corrected chi connectivity index (χ0v) is 15.2. The molecule has 1 unspecified atom stereocenters. The van der Waals surface area contributed by atoms with Gasteiger partial charge in [-0.05, 0) is 36.1 Å². The molecule has 25 heavy (non-hydrogen) atoms. The van der Waals surface area contributed by atoms with Gasteiger partial charge in [-0.3, -0.25) is 4.55 Å². The van der Waals surface area contributed by atoms with Crippen molar-refractivity contribution in [3.05, 3.63) is 23.8 Å². The van der Waals surface area contributed by atoms with E-state index < -0.39 is 20.8 Å². The summed E-state index contributed by atoms with van der Waals surface area (Å²) in [7, 11) is -4.65. The maximum Gasteiger partial charge on any atom is 0.298 e. The molecule has 4 N–H and O–H groups in total. The molecule has 138 valence electrons. The van der Waals surface area contributed by atoms with Crippen molar-refractivity contribution in [2.45, 2.75) is 50.8 Å². The van der Waals surface area contributed by atoms with Gasteiger partial charge in [-0.1, -0.05) is 39.5 Å². The molecule has 2 aromatic rings. The zero-order valence-electron chi connectivity index (χ0n) is 14.4. The van der Waals surface area contributed by atoms with Gasteiger partial charge in [-0.2, -0.15) is 8.42 Å². The Balaban J connectivity index is 2.60. The van der Waals surface area contributed by atoms with Crippen LogP contribution in [0.25, 0.3) is 10.8 Å². The first-order valence-corrected chi connectivity index (χ1v) is 9.81. The molecule has 0 spiro atoms. The smallest absolute Gasteiger partial charge is 0.298 e. The fraction of sp³-hybridized carbons (Fsp3) is 0.444. The van der Waals surface area contributed by atoms with Crippen molar-refractivity contribution in [3.8, 4) is 17.2 Å². The van der Waals surface area contributed by atoms with Crippen LogP contribution >= 0.6 is 0 Å². The molecule has 0 aliphatic heterocycles. The Morgan fingerprint density at radius 3 is 2.32 bits per heavy atom. The maximum absolute atomic E-state index is 11.4. The van der Waals surface area contributed by atoms with E-state index in [0.717, 1.165) is 31.7 Å². The van der Waals surface area contributed by atoms with Crippen LogP contribution in [0.4, 0.5) is 0 Å². The standard InChI is InChI=1S/C18H24O6S/c1-3-5-6-11(4-2)9-12-10-14(19)13-7-8-15(25(22,23)24)18(21)16(13)17(12)20/h7-8,10-11,19-21H,3-6,9H2,1-2H3,(H,22,23,24). The number of phenols is 3. The van der Waals surface area contributed by atoms with Crippen LogP contribution < -0.4 is 0 Å². The number of phenolic OH excluding ortho intramolecular Hbond substituents is 3. The Bertz CT molecular complexity index is 873. The first kappa shape index (κ1) is 19.3. The summed E-state index contributed by atoms with van der Waals surface area (Å²) in [6, 6.07) is 3.67. The second-order valence-corrected chi connectivity index (χ2v) is 7.72. The molecule has 0 radical (unpaired) electrons. The molecular formula is C18H24O6S. The van der Waals surface area contributed by atoms with Crippen molar-refractivity contribution in [1.29, 1.82) is 0 Å². The Labute approximate surface area is 147 Å². The van der Waals surface area contributed by atoms with Crippen molar-refractivity contribution >= 4 is 20.9 Å². The average molecular weight is 368 g/mol. The van der Waals surface area contributed by atoms with Gasteiger partial charge in [0.2, 0.25) is 0 Å². The van der Waals surface area contributed by atoms with Gasteiger partial charge in [0.1, 0.15) is 22.1 Å². The molecule has 0 fully saturated rings. The molecule has 0 aliphatic rings. The molecule has 0 amide bonds. The lowest BCUT2D eigenvalue weighted by Gasteiger charge is -2.17.